The molecular formula is C10H20O6Si2. The van der Waals surface area contributed by atoms with Crippen LogP contribution in [0.2, 0.25) is 26.2 Å². The Bertz CT molecular complexity index is 381. The van der Waals surface area contributed by atoms with Gasteiger partial charge in [0.05, 0.1) is 23.3 Å². The van der Waals surface area contributed by atoms with Crippen molar-refractivity contribution in [2.45, 2.75) is 43.2 Å². The second-order valence-corrected chi connectivity index (χ2v) is 11.6. The molecule has 0 saturated heterocycles. The molecular weight excluding hydrogens is 272 g/mol. The lowest BCUT2D eigenvalue weighted by Crippen LogP contribution is -2.64. The van der Waals surface area contributed by atoms with Gasteiger partial charge in [-0.1, -0.05) is 26.2 Å². The molecule has 6 nitrogen and oxygen atoms in total. The van der Waals surface area contributed by atoms with Gasteiger partial charge in [0.2, 0.25) is 5.76 Å². The van der Waals surface area contributed by atoms with Crippen LogP contribution in [0.3, 0.4) is 0 Å². The zero-order valence-electron chi connectivity index (χ0n) is 10.9. The van der Waals surface area contributed by atoms with Crippen LogP contribution < -0.4 is 0 Å². The lowest BCUT2D eigenvalue weighted by atomic mass is 10.1. The van der Waals surface area contributed by atoms with Crippen molar-refractivity contribution in [2.24, 2.45) is 0 Å². The topological polar surface area (TPSA) is 107 Å². The predicted molar refractivity (Wildman–Crippen MR) is 70.9 cm³/mol. The first-order valence-corrected chi connectivity index (χ1v) is 11.7. The Morgan fingerprint density at radius 1 is 1.28 bits per heavy atom. The third-order valence-corrected chi connectivity index (χ3v) is 8.04. The molecule has 1 aliphatic rings. The summed E-state index contributed by atoms with van der Waals surface area (Å²) in [7, 11) is -3.54. The van der Waals surface area contributed by atoms with Gasteiger partial charge >= 0.3 is 5.97 Å². The summed E-state index contributed by atoms with van der Waals surface area (Å²) in [6, 6.07) is 0. The van der Waals surface area contributed by atoms with Gasteiger partial charge in [-0.2, -0.15) is 0 Å². The molecule has 1 heterocycles. The Morgan fingerprint density at radius 2 is 1.78 bits per heavy atom. The molecule has 0 saturated carbocycles. The van der Waals surface area contributed by atoms with Gasteiger partial charge in [0, 0.05) is 0 Å². The highest BCUT2D eigenvalue weighted by Gasteiger charge is 2.55. The first-order chi connectivity index (χ1) is 8.13. The number of esters is 1. The maximum Gasteiger partial charge on any atom is 0.377 e. The minimum absolute atomic E-state index is 0.683. The van der Waals surface area contributed by atoms with Crippen molar-refractivity contribution in [1.82, 2.24) is 0 Å². The van der Waals surface area contributed by atoms with Crippen LogP contribution in [0.1, 0.15) is 0 Å². The minimum Gasteiger partial charge on any atom is -0.505 e. The van der Waals surface area contributed by atoms with E-state index in [1.165, 1.54) is 0 Å². The number of aliphatic hydroxyl groups excluding tert-OH is 3. The van der Waals surface area contributed by atoms with E-state index in [-0.39, 0.29) is 0 Å². The lowest BCUT2D eigenvalue weighted by molar-refractivity contribution is -0.152. The van der Waals surface area contributed by atoms with Crippen LogP contribution in [0.5, 0.6) is 0 Å². The van der Waals surface area contributed by atoms with Crippen LogP contribution in [0.15, 0.2) is 11.5 Å². The summed E-state index contributed by atoms with van der Waals surface area (Å²) in [6.07, 6.45) is -1.36. The van der Waals surface area contributed by atoms with E-state index < -0.39 is 52.1 Å². The van der Waals surface area contributed by atoms with E-state index in [9.17, 15) is 25.2 Å². The number of aliphatic hydroxyl groups is 4. The average molecular weight is 292 g/mol. The molecule has 1 aliphatic heterocycles. The molecule has 0 spiro atoms. The zero-order chi connectivity index (χ0) is 14.2. The molecule has 0 aromatic carbocycles. The molecule has 1 rings (SSSR count). The summed E-state index contributed by atoms with van der Waals surface area (Å²) in [5.74, 6) is -2.63. The molecule has 1 unspecified atom stereocenters. The third-order valence-electron chi connectivity index (χ3n) is 3.36. The molecule has 104 valence electrons. The average Bonchev–Trinajstić information content (AvgIpc) is 2.54. The monoisotopic (exact) mass is 292 g/mol. The zero-order valence-corrected chi connectivity index (χ0v) is 13.2. The first-order valence-electron chi connectivity index (χ1n) is 5.87. The van der Waals surface area contributed by atoms with E-state index in [2.05, 4.69) is 0 Å². The summed E-state index contributed by atoms with van der Waals surface area (Å²) in [4.78, 5) is 11.2. The minimum atomic E-state index is -1.90. The summed E-state index contributed by atoms with van der Waals surface area (Å²) in [5.41, 5.74) is -1.02. The highest BCUT2D eigenvalue weighted by Crippen LogP contribution is 2.33. The van der Waals surface area contributed by atoms with Crippen molar-refractivity contribution >= 4 is 23.6 Å². The standard InChI is InChI=1S/C10H20O6Si2/c1-17(2)9(14)10(15,18(3)4)7-5(11)6(12)8(13)16-7/h7,9,11-12,14-15,17-18H,1-4H3/t7-,9?,10-/m0/s1. The Morgan fingerprint density at radius 3 is 2.06 bits per heavy atom. The van der Waals surface area contributed by atoms with E-state index >= 15 is 0 Å². The van der Waals surface area contributed by atoms with E-state index in [0.29, 0.717) is 0 Å². The molecule has 0 amide bonds. The molecule has 4 N–H and O–H groups in total. The fourth-order valence-electron chi connectivity index (χ4n) is 2.09. The number of cyclic esters (lactones) is 1. The Hall–Kier alpha value is -0.836. The van der Waals surface area contributed by atoms with Crippen molar-refractivity contribution in [2.75, 3.05) is 0 Å². The van der Waals surface area contributed by atoms with Crippen molar-refractivity contribution in [3.63, 3.8) is 0 Å². The van der Waals surface area contributed by atoms with Gasteiger partial charge < -0.3 is 25.2 Å². The molecule has 0 aliphatic carbocycles. The Kier molecular flexibility index (Phi) is 4.26. The molecule has 0 bridgehead atoms. The normalized spacial score (nSPS) is 25.6. The maximum atomic E-state index is 11.2. The Balaban J connectivity index is 3.20. The molecule has 3 atom stereocenters. The molecule has 0 aromatic rings. The second kappa shape index (κ2) is 5.04. The quantitative estimate of drug-likeness (QED) is 0.406. The lowest BCUT2D eigenvalue weighted by Gasteiger charge is -2.41. The van der Waals surface area contributed by atoms with Crippen LogP contribution in [0, 0.1) is 0 Å². The number of hydrogen-bond donors (Lipinski definition) is 4. The van der Waals surface area contributed by atoms with Gasteiger partial charge in [-0.05, 0) is 0 Å². The van der Waals surface area contributed by atoms with Crippen LogP contribution in [0.25, 0.3) is 0 Å². The number of ether oxygens (including phenoxy) is 1. The van der Waals surface area contributed by atoms with E-state index in [0.717, 1.165) is 0 Å². The maximum absolute atomic E-state index is 11.2. The van der Waals surface area contributed by atoms with Gasteiger partial charge in [-0.25, -0.2) is 4.79 Å². The van der Waals surface area contributed by atoms with Gasteiger partial charge in [0.1, 0.15) is 5.22 Å². The molecule has 0 aromatic heterocycles. The fourth-order valence-corrected chi connectivity index (χ4v) is 7.16. The van der Waals surface area contributed by atoms with Gasteiger partial charge in [-0.3, -0.25) is 0 Å². The summed E-state index contributed by atoms with van der Waals surface area (Å²) < 4.78 is 4.82. The van der Waals surface area contributed by atoms with Crippen LogP contribution in [0.4, 0.5) is 0 Å². The third kappa shape index (κ3) is 2.20. The summed E-state index contributed by atoms with van der Waals surface area (Å²) in [5, 5.41) is 38.2. The Labute approximate surface area is 109 Å². The van der Waals surface area contributed by atoms with E-state index in [1.54, 1.807) is 13.1 Å². The van der Waals surface area contributed by atoms with Crippen LogP contribution in [-0.4, -0.2) is 61.0 Å². The van der Waals surface area contributed by atoms with Gasteiger partial charge in [0.25, 0.3) is 0 Å². The van der Waals surface area contributed by atoms with Crippen molar-refractivity contribution in [3.05, 3.63) is 11.5 Å². The largest absolute Gasteiger partial charge is 0.505 e. The molecule has 18 heavy (non-hydrogen) atoms. The SMILES string of the molecule is C[SiH](C)C(O)[C@](O)([C@H]1OC(=O)C(O)=C1O)[SiH](C)C. The number of carbonyl (C=O) groups excluding carboxylic acids is 1. The summed E-state index contributed by atoms with van der Waals surface area (Å²) in [6.45, 7) is 7.28. The number of rotatable bonds is 4. The predicted octanol–water partition coefficient (Wildman–Crippen LogP) is -0.617. The van der Waals surface area contributed by atoms with E-state index in [1.807, 2.05) is 13.1 Å². The van der Waals surface area contributed by atoms with Crippen molar-refractivity contribution < 1.29 is 30.0 Å². The van der Waals surface area contributed by atoms with E-state index in [4.69, 9.17) is 4.74 Å². The highest BCUT2D eigenvalue weighted by molar-refractivity contribution is 6.65. The summed E-state index contributed by atoms with van der Waals surface area (Å²) >= 11 is 0. The molecule has 0 fully saturated rings. The van der Waals surface area contributed by atoms with Crippen LogP contribution >= 0.6 is 0 Å². The highest BCUT2D eigenvalue weighted by atomic mass is 28.3. The van der Waals surface area contributed by atoms with Crippen molar-refractivity contribution in [3.8, 4) is 0 Å². The first kappa shape index (κ1) is 15.2. The number of hydrogen-bond acceptors (Lipinski definition) is 6. The second-order valence-electron chi connectivity index (χ2n) is 5.25. The number of carbonyl (C=O) groups is 1. The van der Waals surface area contributed by atoms with Crippen LogP contribution in [-0.2, 0) is 9.53 Å². The van der Waals surface area contributed by atoms with Gasteiger partial charge in [-0.15, -0.1) is 0 Å². The fraction of sp³-hybridized carbons (Fsp3) is 0.700. The smallest absolute Gasteiger partial charge is 0.377 e. The molecule has 8 heteroatoms. The van der Waals surface area contributed by atoms with Crippen molar-refractivity contribution in [1.29, 1.82) is 0 Å². The molecule has 0 radical (unpaired) electrons. The van der Waals surface area contributed by atoms with Gasteiger partial charge in [0.15, 0.2) is 11.9 Å².